The third-order valence-corrected chi connectivity index (χ3v) is 6.30. The fraction of sp³-hybridized carbons (Fsp3) is 0.120. The fourth-order valence-corrected chi connectivity index (χ4v) is 4.41. The Morgan fingerprint density at radius 2 is 1.70 bits per heavy atom. The molecule has 2 N–H and O–H groups in total. The molecule has 0 aliphatic rings. The third-order valence-electron chi connectivity index (χ3n) is 5.00. The minimum absolute atomic E-state index is 0.148. The van der Waals surface area contributed by atoms with Crippen molar-refractivity contribution >= 4 is 51.8 Å². The zero-order valence-corrected chi connectivity index (χ0v) is 19.1. The number of carbonyl (C=O) groups excluding carboxylic acids is 2. The number of halogens is 2. The SMILES string of the molecule is O=C(CSc1cn(CCNC(=O)c2ccc(Cl)cc2)c2ccccc12)Nc1ccccc1F. The molecule has 1 aromatic heterocycles. The molecule has 8 heteroatoms. The van der Waals surface area contributed by atoms with E-state index in [1.807, 2.05) is 30.5 Å². The van der Waals surface area contributed by atoms with Crippen molar-refractivity contribution in [1.82, 2.24) is 9.88 Å². The summed E-state index contributed by atoms with van der Waals surface area (Å²) in [7, 11) is 0. The van der Waals surface area contributed by atoms with Gasteiger partial charge in [-0.25, -0.2) is 4.39 Å². The van der Waals surface area contributed by atoms with Gasteiger partial charge < -0.3 is 15.2 Å². The number of nitrogens with one attached hydrogen (secondary N) is 2. The van der Waals surface area contributed by atoms with Crippen LogP contribution in [0.1, 0.15) is 10.4 Å². The first-order valence-electron chi connectivity index (χ1n) is 10.3. The second-order valence-corrected chi connectivity index (χ2v) is 8.74. The van der Waals surface area contributed by atoms with E-state index in [0.29, 0.717) is 23.7 Å². The van der Waals surface area contributed by atoms with Gasteiger partial charge in [0.25, 0.3) is 5.91 Å². The van der Waals surface area contributed by atoms with Gasteiger partial charge in [-0.1, -0.05) is 41.9 Å². The van der Waals surface area contributed by atoms with Crippen molar-refractivity contribution in [2.45, 2.75) is 11.4 Å². The van der Waals surface area contributed by atoms with Crippen molar-refractivity contribution in [2.75, 3.05) is 17.6 Å². The van der Waals surface area contributed by atoms with E-state index in [0.717, 1.165) is 15.8 Å². The van der Waals surface area contributed by atoms with Gasteiger partial charge in [-0.2, -0.15) is 0 Å². The minimum Gasteiger partial charge on any atom is -0.350 e. The highest BCUT2D eigenvalue weighted by atomic mass is 35.5. The first kappa shape index (κ1) is 22.9. The van der Waals surface area contributed by atoms with Gasteiger partial charge in [0.1, 0.15) is 5.82 Å². The Morgan fingerprint density at radius 1 is 0.970 bits per heavy atom. The first-order valence-corrected chi connectivity index (χ1v) is 11.7. The Balaban J connectivity index is 1.39. The summed E-state index contributed by atoms with van der Waals surface area (Å²) in [6, 6.07) is 20.7. The number of nitrogens with zero attached hydrogens (tertiary/aromatic N) is 1. The molecule has 0 aliphatic heterocycles. The van der Waals surface area contributed by atoms with Crippen molar-refractivity contribution in [3.63, 3.8) is 0 Å². The molecule has 5 nitrogen and oxygen atoms in total. The fourth-order valence-electron chi connectivity index (χ4n) is 3.40. The topological polar surface area (TPSA) is 63.1 Å². The maximum atomic E-state index is 13.8. The molecule has 0 saturated carbocycles. The molecule has 2 amide bonds. The molecule has 0 radical (unpaired) electrons. The maximum Gasteiger partial charge on any atom is 0.251 e. The summed E-state index contributed by atoms with van der Waals surface area (Å²) in [4.78, 5) is 25.6. The van der Waals surface area contributed by atoms with E-state index in [-0.39, 0.29) is 23.3 Å². The zero-order chi connectivity index (χ0) is 23.2. The molecule has 168 valence electrons. The van der Waals surface area contributed by atoms with Crippen LogP contribution < -0.4 is 10.6 Å². The average Bonchev–Trinajstić information content (AvgIpc) is 3.17. The Bertz CT molecular complexity index is 1290. The molecule has 0 aliphatic carbocycles. The second kappa shape index (κ2) is 10.6. The molecule has 33 heavy (non-hydrogen) atoms. The number of amides is 2. The molecule has 4 aromatic rings. The number of hydrogen-bond donors (Lipinski definition) is 2. The van der Waals surface area contributed by atoms with Gasteiger partial charge in [-0.05, 0) is 42.5 Å². The molecule has 0 spiro atoms. The Kier molecular flexibility index (Phi) is 7.32. The van der Waals surface area contributed by atoms with E-state index in [4.69, 9.17) is 11.6 Å². The van der Waals surface area contributed by atoms with Crippen LogP contribution in [0.4, 0.5) is 10.1 Å². The van der Waals surface area contributed by atoms with Crippen LogP contribution >= 0.6 is 23.4 Å². The smallest absolute Gasteiger partial charge is 0.251 e. The number of thioether (sulfide) groups is 1. The molecule has 0 bridgehead atoms. The van der Waals surface area contributed by atoms with Crippen molar-refractivity contribution in [3.8, 4) is 0 Å². The number of anilines is 1. The highest BCUT2D eigenvalue weighted by molar-refractivity contribution is 8.00. The molecule has 0 saturated heterocycles. The van der Waals surface area contributed by atoms with Gasteiger partial charge >= 0.3 is 0 Å². The average molecular weight is 482 g/mol. The van der Waals surface area contributed by atoms with Gasteiger partial charge in [0.2, 0.25) is 5.91 Å². The summed E-state index contributed by atoms with van der Waals surface area (Å²) < 4.78 is 15.8. The number of fused-ring (bicyclic) bond motifs is 1. The van der Waals surface area contributed by atoms with Crippen LogP contribution in [0.25, 0.3) is 10.9 Å². The van der Waals surface area contributed by atoms with Crippen LogP contribution in [0.2, 0.25) is 5.02 Å². The summed E-state index contributed by atoms with van der Waals surface area (Å²) >= 11 is 7.26. The first-order chi connectivity index (χ1) is 16.0. The monoisotopic (exact) mass is 481 g/mol. The predicted molar refractivity (Wildman–Crippen MR) is 131 cm³/mol. The lowest BCUT2D eigenvalue weighted by Gasteiger charge is -2.08. The van der Waals surface area contributed by atoms with Crippen LogP contribution in [-0.2, 0) is 11.3 Å². The Morgan fingerprint density at radius 3 is 2.48 bits per heavy atom. The number of aromatic nitrogens is 1. The summed E-state index contributed by atoms with van der Waals surface area (Å²) in [5.74, 6) is -0.761. The molecule has 3 aromatic carbocycles. The third kappa shape index (κ3) is 5.74. The number of carbonyl (C=O) groups is 2. The van der Waals surface area contributed by atoms with Crippen molar-refractivity contribution in [1.29, 1.82) is 0 Å². The van der Waals surface area contributed by atoms with Crippen molar-refractivity contribution in [3.05, 3.63) is 95.4 Å². The molecule has 0 atom stereocenters. The van der Waals surface area contributed by atoms with E-state index < -0.39 is 5.82 Å². The quantitative estimate of drug-likeness (QED) is 0.322. The molecule has 0 unspecified atom stereocenters. The lowest BCUT2D eigenvalue weighted by Crippen LogP contribution is -2.27. The van der Waals surface area contributed by atoms with Crippen LogP contribution in [0.15, 0.2) is 83.9 Å². The molecule has 4 rings (SSSR count). The van der Waals surface area contributed by atoms with Crippen LogP contribution in [0.3, 0.4) is 0 Å². The predicted octanol–water partition coefficient (Wildman–Crippen LogP) is 5.59. The lowest BCUT2D eigenvalue weighted by molar-refractivity contribution is -0.113. The van der Waals surface area contributed by atoms with Gasteiger partial charge in [0.15, 0.2) is 0 Å². The van der Waals surface area contributed by atoms with Gasteiger partial charge in [0, 0.05) is 45.7 Å². The highest BCUT2D eigenvalue weighted by Gasteiger charge is 2.12. The highest BCUT2D eigenvalue weighted by Crippen LogP contribution is 2.30. The van der Waals surface area contributed by atoms with Gasteiger partial charge in [-0.3, -0.25) is 9.59 Å². The van der Waals surface area contributed by atoms with Crippen LogP contribution in [0, 0.1) is 5.82 Å². The Hall–Kier alpha value is -3.29. The molecule has 1 heterocycles. The van der Waals surface area contributed by atoms with Gasteiger partial charge in [0.05, 0.1) is 11.4 Å². The van der Waals surface area contributed by atoms with E-state index in [1.165, 1.54) is 23.9 Å². The Labute approximate surface area is 199 Å². The van der Waals surface area contributed by atoms with Crippen LogP contribution in [-0.4, -0.2) is 28.7 Å². The normalized spacial score (nSPS) is 10.8. The number of rotatable bonds is 8. The summed E-state index contributed by atoms with van der Waals surface area (Å²) in [6.07, 6.45) is 1.97. The van der Waals surface area contributed by atoms with Crippen LogP contribution in [0.5, 0.6) is 0 Å². The van der Waals surface area contributed by atoms with E-state index in [2.05, 4.69) is 15.2 Å². The van der Waals surface area contributed by atoms with E-state index in [9.17, 15) is 14.0 Å². The second-order valence-electron chi connectivity index (χ2n) is 7.28. The summed E-state index contributed by atoms with van der Waals surface area (Å²) in [5, 5.41) is 7.12. The summed E-state index contributed by atoms with van der Waals surface area (Å²) in [6.45, 7) is 1.01. The van der Waals surface area contributed by atoms with E-state index >= 15 is 0 Å². The molecular weight excluding hydrogens is 461 g/mol. The molecule has 0 fully saturated rings. The van der Waals surface area contributed by atoms with Crippen molar-refractivity contribution < 1.29 is 14.0 Å². The summed E-state index contributed by atoms with van der Waals surface area (Å²) in [5.41, 5.74) is 1.73. The molecular formula is C25H21ClFN3O2S. The van der Waals surface area contributed by atoms with E-state index in [1.54, 1.807) is 36.4 Å². The number of hydrogen-bond acceptors (Lipinski definition) is 3. The van der Waals surface area contributed by atoms with Gasteiger partial charge in [-0.15, -0.1) is 11.8 Å². The number of benzene rings is 3. The standard InChI is InChI=1S/C25H21ClFN3O2S/c26-18-11-9-17(10-12-18)25(32)28-13-14-30-15-23(19-5-1-4-8-22(19)30)33-16-24(31)29-21-7-3-2-6-20(21)27/h1-12,15H,13-14,16H2,(H,28,32)(H,29,31). The van der Waals surface area contributed by atoms with Crippen molar-refractivity contribution in [2.24, 2.45) is 0 Å². The maximum absolute atomic E-state index is 13.8. The lowest BCUT2D eigenvalue weighted by atomic mass is 10.2. The largest absolute Gasteiger partial charge is 0.350 e. The number of para-hydroxylation sites is 2. The zero-order valence-electron chi connectivity index (χ0n) is 17.6. The minimum atomic E-state index is -0.465.